The van der Waals surface area contributed by atoms with Gasteiger partial charge in [0.05, 0.1) is 0 Å². The molecule has 2 aromatic rings. The van der Waals surface area contributed by atoms with Gasteiger partial charge >= 0.3 is 0 Å². The van der Waals surface area contributed by atoms with Crippen molar-refractivity contribution in [3.8, 4) is 0 Å². The molecule has 2 rings (SSSR count). The second-order valence-electron chi connectivity index (χ2n) is 4.22. The van der Waals surface area contributed by atoms with E-state index in [1.807, 2.05) is 45.2 Å². The third-order valence-electron chi connectivity index (χ3n) is 2.71. The van der Waals surface area contributed by atoms with Gasteiger partial charge in [0.2, 0.25) is 0 Å². The van der Waals surface area contributed by atoms with Crippen molar-refractivity contribution in [3.63, 3.8) is 0 Å². The summed E-state index contributed by atoms with van der Waals surface area (Å²) in [5, 5.41) is 1.04. The minimum Gasteiger partial charge on any atom is -0.360 e. The fraction of sp³-hybridized carbons (Fsp3) is 0.308. The molecule has 0 aliphatic carbocycles. The first-order valence-electron chi connectivity index (χ1n) is 5.22. The molecule has 0 aliphatic heterocycles. The maximum atomic E-state index is 11.9. The molecule has 0 aliphatic rings. The van der Waals surface area contributed by atoms with E-state index >= 15 is 0 Å². The molecule has 2 heteroatoms. The molecule has 1 N–H and O–H groups in total. The van der Waals surface area contributed by atoms with Gasteiger partial charge in [-0.05, 0) is 12.5 Å². The first-order valence-corrected chi connectivity index (χ1v) is 5.22. The zero-order chi connectivity index (χ0) is 11.0. The van der Waals surface area contributed by atoms with E-state index in [9.17, 15) is 4.79 Å². The molecule has 0 saturated carbocycles. The van der Waals surface area contributed by atoms with Crippen molar-refractivity contribution in [2.24, 2.45) is 5.92 Å². The Morgan fingerprint density at radius 2 is 2.07 bits per heavy atom. The smallest absolute Gasteiger partial charge is 0.167 e. The van der Waals surface area contributed by atoms with Gasteiger partial charge in [-0.15, -0.1) is 0 Å². The average molecular weight is 201 g/mol. The van der Waals surface area contributed by atoms with E-state index in [4.69, 9.17) is 0 Å². The molecular weight excluding hydrogens is 186 g/mol. The first kappa shape index (κ1) is 9.97. The van der Waals surface area contributed by atoms with Gasteiger partial charge in [-0.25, -0.2) is 0 Å². The molecule has 0 spiro atoms. The second-order valence-corrected chi connectivity index (χ2v) is 4.22. The molecule has 78 valence electrons. The summed E-state index contributed by atoms with van der Waals surface area (Å²) >= 11 is 0. The van der Waals surface area contributed by atoms with E-state index in [2.05, 4.69) is 4.98 Å². The first-order chi connectivity index (χ1) is 7.11. The molecule has 0 unspecified atom stereocenters. The summed E-state index contributed by atoms with van der Waals surface area (Å²) in [6.45, 7) is 5.90. The van der Waals surface area contributed by atoms with Crippen molar-refractivity contribution in [1.29, 1.82) is 0 Å². The number of carbonyl (C=O) groups is 1. The van der Waals surface area contributed by atoms with Crippen molar-refractivity contribution in [3.05, 3.63) is 35.5 Å². The van der Waals surface area contributed by atoms with Crippen molar-refractivity contribution in [1.82, 2.24) is 4.98 Å². The normalized spacial score (nSPS) is 11.2. The molecule has 1 aromatic carbocycles. The number of rotatable bonds is 2. The number of Topliss-reactive ketones (excluding diaryl/α,β-unsaturated/α-hetero) is 1. The SMILES string of the molecule is Cc1cccc2c(C(=O)C(C)C)c[nH]c12. The van der Waals surface area contributed by atoms with Crippen LogP contribution in [0.1, 0.15) is 29.8 Å². The lowest BCUT2D eigenvalue weighted by Gasteiger charge is -2.02. The molecule has 0 fully saturated rings. The van der Waals surface area contributed by atoms with Crippen molar-refractivity contribution >= 4 is 16.7 Å². The minimum absolute atomic E-state index is 0.0458. The van der Waals surface area contributed by atoms with E-state index < -0.39 is 0 Å². The zero-order valence-electron chi connectivity index (χ0n) is 9.29. The summed E-state index contributed by atoms with van der Waals surface area (Å²) in [6.07, 6.45) is 1.82. The number of ketones is 1. The van der Waals surface area contributed by atoms with Gasteiger partial charge < -0.3 is 4.98 Å². The van der Waals surface area contributed by atoms with Crippen LogP contribution >= 0.6 is 0 Å². The quantitative estimate of drug-likeness (QED) is 0.743. The number of benzene rings is 1. The topological polar surface area (TPSA) is 32.9 Å². The number of carbonyl (C=O) groups excluding carboxylic acids is 1. The van der Waals surface area contributed by atoms with Crippen LogP contribution in [0.4, 0.5) is 0 Å². The highest BCUT2D eigenvalue weighted by Gasteiger charge is 2.15. The summed E-state index contributed by atoms with van der Waals surface area (Å²) in [5.41, 5.74) is 3.06. The number of para-hydroxylation sites is 1. The number of nitrogens with one attached hydrogen (secondary N) is 1. The predicted octanol–water partition coefficient (Wildman–Crippen LogP) is 3.32. The maximum Gasteiger partial charge on any atom is 0.167 e. The number of aromatic nitrogens is 1. The lowest BCUT2D eigenvalue weighted by molar-refractivity contribution is 0.0941. The Morgan fingerprint density at radius 1 is 1.33 bits per heavy atom. The Hall–Kier alpha value is -1.57. The summed E-state index contributed by atoms with van der Waals surface area (Å²) in [4.78, 5) is 15.1. The van der Waals surface area contributed by atoms with Crippen LogP contribution in [-0.4, -0.2) is 10.8 Å². The lowest BCUT2D eigenvalue weighted by Crippen LogP contribution is -2.06. The van der Waals surface area contributed by atoms with Crippen molar-refractivity contribution < 1.29 is 4.79 Å². The molecule has 0 amide bonds. The van der Waals surface area contributed by atoms with Crippen LogP contribution < -0.4 is 0 Å². The third kappa shape index (κ3) is 1.56. The van der Waals surface area contributed by atoms with Crippen molar-refractivity contribution in [2.75, 3.05) is 0 Å². The number of hydrogen-bond donors (Lipinski definition) is 1. The maximum absolute atomic E-state index is 11.9. The highest BCUT2D eigenvalue weighted by atomic mass is 16.1. The van der Waals surface area contributed by atoms with E-state index in [1.54, 1.807) is 0 Å². The van der Waals surface area contributed by atoms with Gasteiger partial charge in [0.1, 0.15) is 0 Å². The number of aryl methyl sites for hydroxylation is 1. The van der Waals surface area contributed by atoms with Crippen LogP contribution in [0.15, 0.2) is 24.4 Å². The van der Waals surface area contributed by atoms with Crippen LogP contribution in [0.3, 0.4) is 0 Å². The zero-order valence-corrected chi connectivity index (χ0v) is 9.29. The Morgan fingerprint density at radius 3 is 2.73 bits per heavy atom. The Balaban J connectivity index is 2.64. The summed E-state index contributed by atoms with van der Waals surface area (Å²) in [7, 11) is 0. The Labute approximate surface area is 89.3 Å². The average Bonchev–Trinajstić information content (AvgIpc) is 2.61. The van der Waals surface area contributed by atoms with Gasteiger partial charge in [0, 0.05) is 28.6 Å². The molecular formula is C13H15NO. The molecule has 0 radical (unpaired) electrons. The number of H-pyrrole nitrogens is 1. The van der Waals surface area contributed by atoms with Gasteiger partial charge in [-0.2, -0.15) is 0 Å². The van der Waals surface area contributed by atoms with E-state index in [0.717, 1.165) is 16.5 Å². The van der Waals surface area contributed by atoms with Gasteiger partial charge in [0.25, 0.3) is 0 Å². The minimum atomic E-state index is 0.0458. The van der Waals surface area contributed by atoms with E-state index in [1.165, 1.54) is 5.56 Å². The Bertz CT molecular complexity index is 508. The molecule has 0 atom stereocenters. The van der Waals surface area contributed by atoms with E-state index in [0.29, 0.717) is 0 Å². The van der Waals surface area contributed by atoms with Crippen molar-refractivity contribution in [2.45, 2.75) is 20.8 Å². The Kier molecular flexibility index (Phi) is 2.35. The number of hydrogen-bond acceptors (Lipinski definition) is 1. The lowest BCUT2D eigenvalue weighted by atomic mass is 10.00. The molecule has 15 heavy (non-hydrogen) atoms. The molecule has 0 bridgehead atoms. The van der Waals surface area contributed by atoms with Gasteiger partial charge in [-0.3, -0.25) is 4.79 Å². The predicted molar refractivity (Wildman–Crippen MR) is 62.2 cm³/mol. The highest BCUT2D eigenvalue weighted by molar-refractivity contribution is 6.09. The van der Waals surface area contributed by atoms with Gasteiger partial charge in [-0.1, -0.05) is 32.0 Å². The summed E-state index contributed by atoms with van der Waals surface area (Å²) in [6, 6.07) is 6.03. The fourth-order valence-electron chi connectivity index (χ4n) is 1.82. The largest absolute Gasteiger partial charge is 0.360 e. The standard InChI is InChI=1S/C13H15NO/c1-8(2)13(15)11-7-14-12-9(3)5-4-6-10(11)12/h4-8,14H,1-3H3. The molecule has 1 heterocycles. The number of fused-ring (bicyclic) bond motifs is 1. The van der Waals surface area contributed by atoms with Crippen LogP contribution in [0.5, 0.6) is 0 Å². The molecule has 2 nitrogen and oxygen atoms in total. The summed E-state index contributed by atoms with van der Waals surface area (Å²) < 4.78 is 0. The van der Waals surface area contributed by atoms with Crippen LogP contribution in [0, 0.1) is 12.8 Å². The monoisotopic (exact) mass is 201 g/mol. The second kappa shape index (κ2) is 3.54. The van der Waals surface area contributed by atoms with Gasteiger partial charge in [0.15, 0.2) is 5.78 Å². The molecule has 1 aromatic heterocycles. The van der Waals surface area contributed by atoms with Crippen LogP contribution in [0.25, 0.3) is 10.9 Å². The highest BCUT2D eigenvalue weighted by Crippen LogP contribution is 2.23. The summed E-state index contributed by atoms with van der Waals surface area (Å²) in [5.74, 6) is 0.247. The van der Waals surface area contributed by atoms with Crippen LogP contribution in [-0.2, 0) is 0 Å². The number of aromatic amines is 1. The van der Waals surface area contributed by atoms with Crippen LogP contribution in [0.2, 0.25) is 0 Å². The fourth-order valence-corrected chi connectivity index (χ4v) is 1.82. The van der Waals surface area contributed by atoms with E-state index in [-0.39, 0.29) is 11.7 Å². The third-order valence-corrected chi connectivity index (χ3v) is 2.71. The molecule has 0 saturated heterocycles.